The molecule has 2 aliphatic heterocycles. The Balaban J connectivity index is 0.948. The number of carbonyl (C=O) groups excluding carboxylic acids is 1. The SMILES string of the molecule is COC1(Cc2ccccc2-c2ccccc2)CCN(c2ccc(C(=O)NS(=O)(=O)c3ccc(N[C@H](CCN4CCOCC4)CSc4ccccc4)c(C)c3)cc2)CC1. The Bertz CT molecular complexity index is 2210. The van der Waals surface area contributed by atoms with E-state index < -0.39 is 15.9 Å². The molecule has 1 atom stereocenters. The first-order valence-electron chi connectivity index (χ1n) is 20.2. The molecule has 5 aromatic rings. The summed E-state index contributed by atoms with van der Waals surface area (Å²) in [4.78, 5) is 19.3. The van der Waals surface area contributed by atoms with Crippen molar-refractivity contribution in [2.45, 2.75) is 54.0 Å². The molecule has 11 heteroatoms. The zero-order valence-corrected chi connectivity index (χ0v) is 35.1. The van der Waals surface area contributed by atoms with E-state index in [9.17, 15) is 13.2 Å². The van der Waals surface area contributed by atoms with E-state index in [1.54, 1.807) is 42.1 Å². The van der Waals surface area contributed by atoms with Crippen LogP contribution in [0.15, 0.2) is 137 Å². The molecule has 2 saturated heterocycles. The molecule has 2 N–H and O–H groups in total. The maximum absolute atomic E-state index is 13.5. The number of rotatable bonds is 16. The number of sulfonamides is 1. The van der Waals surface area contributed by atoms with Crippen LogP contribution in [0.2, 0.25) is 0 Å². The number of piperidine rings is 1. The van der Waals surface area contributed by atoms with Crippen LogP contribution in [-0.2, 0) is 25.9 Å². The fraction of sp³-hybridized carbons (Fsp3) is 0.340. The van der Waals surface area contributed by atoms with Gasteiger partial charge in [0.1, 0.15) is 0 Å². The van der Waals surface area contributed by atoms with Crippen LogP contribution in [0.5, 0.6) is 0 Å². The van der Waals surface area contributed by atoms with Crippen LogP contribution >= 0.6 is 11.8 Å². The van der Waals surface area contributed by atoms with Crippen LogP contribution in [0.3, 0.4) is 0 Å². The van der Waals surface area contributed by atoms with E-state index in [4.69, 9.17) is 9.47 Å². The molecule has 7 rings (SSSR count). The Hall–Kier alpha value is -4.65. The molecule has 1 amide bonds. The first-order chi connectivity index (χ1) is 28.2. The van der Waals surface area contributed by atoms with Gasteiger partial charge in [-0.1, -0.05) is 72.8 Å². The molecule has 0 bridgehead atoms. The smallest absolute Gasteiger partial charge is 0.264 e. The third-order valence-electron chi connectivity index (χ3n) is 11.4. The van der Waals surface area contributed by atoms with Crippen molar-refractivity contribution >= 4 is 39.1 Å². The third-order valence-corrected chi connectivity index (χ3v) is 13.9. The summed E-state index contributed by atoms with van der Waals surface area (Å²) in [5, 5.41) is 3.69. The number of benzene rings is 5. The zero-order chi connectivity index (χ0) is 40.4. The summed E-state index contributed by atoms with van der Waals surface area (Å²) in [6, 6.07) is 41.7. The molecule has 5 aromatic carbocycles. The molecule has 9 nitrogen and oxygen atoms in total. The molecule has 304 valence electrons. The number of nitrogens with zero attached hydrogens (tertiary/aromatic N) is 2. The number of thioether (sulfide) groups is 1. The Morgan fingerprint density at radius 2 is 1.52 bits per heavy atom. The summed E-state index contributed by atoms with van der Waals surface area (Å²) in [7, 11) is -2.30. The Morgan fingerprint density at radius 3 is 2.21 bits per heavy atom. The van der Waals surface area contributed by atoms with Crippen molar-refractivity contribution in [3.8, 4) is 11.1 Å². The lowest BCUT2D eigenvalue weighted by Gasteiger charge is -2.42. The molecule has 0 saturated carbocycles. The number of carbonyl (C=O) groups is 1. The van der Waals surface area contributed by atoms with E-state index >= 15 is 0 Å². The number of methoxy groups -OCH3 is 1. The van der Waals surface area contributed by atoms with Crippen molar-refractivity contribution in [3.05, 3.63) is 144 Å². The zero-order valence-electron chi connectivity index (χ0n) is 33.4. The summed E-state index contributed by atoms with van der Waals surface area (Å²) in [5.74, 6) is 0.195. The first-order valence-corrected chi connectivity index (χ1v) is 22.6. The highest BCUT2D eigenvalue weighted by atomic mass is 32.2. The minimum Gasteiger partial charge on any atom is -0.381 e. The average Bonchev–Trinajstić information content (AvgIpc) is 3.26. The second kappa shape index (κ2) is 19.4. The van der Waals surface area contributed by atoms with Crippen LogP contribution in [0.1, 0.15) is 40.7 Å². The second-order valence-corrected chi connectivity index (χ2v) is 18.0. The normalized spacial score (nSPS) is 16.4. The molecule has 0 aliphatic carbocycles. The molecule has 0 unspecified atom stereocenters. The standard InChI is InChI=1S/C47H54N4O5S2/c1-36-33-43(21-22-45(36)48-40(23-26-50-29-31-56-32-30-50)35-57-42-14-7-4-8-15-42)58(53,54)49-46(52)38-17-19-41(20-18-38)51-27-24-47(55-2,25-28-51)34-39-13-9-10-16-44(39)37-11-5-3-6-12-37/h3-22,33,40,48H,23-32,34-35H2,1-2H3,(H,49,52)/t40-/m1/s1. The molecular weight excluding hydrogens is 765 g/mol. The summed E-state index contributed by atoms with van der Waals surface area (Å²) in [6.45, 7) is 7.82. The van der Waals surface area contributed by atoms with E-state index in [0.717, 1.165) is 94.3 Å². The van der Waals surface area contributed by atoms with Crippen molar-refractivity contribution in [1.82, 2.24) is 9.62 Å². The van der Waals surface area contributed by atoms with Gasteiger partial charge in [0.15, 0.2) is 0 Å². The fourth-order valence-corrected chi connectivity index (χ4v) is 9.92. The predicted octanol–water partition coefficient (Wildman–Crippen LogP) is 8.30. The van der Waals surface area contributed by atoms with E-state index in [0.29, 0.717) is 0 Å². The quantitative estimate of drug-likeness (QED) is 0.0954. The van der Waals surface area contributed by atoms with Crippen molar-refractivity contribution < 1.29 is 22.7 Å². The lowest BCUT2D eigenvalue weighted by molar-refractivity contribution is -0.0288. The first kappa shape index (κ1) is 41.5. The molecule has 0 aromatic heterocycles. The third kappa shape index (κ3) is 10.7. The lowest BCUT2D eigenvalue weighted by Crippen LogP contribution is -2.47. The second-order valence-electron chi connectivity index (χ2n) is 15.2. The van der Waals surface area contributed by atoms with Crippen LogP contribution in [-0.4, -0.2) is 89.7 Å². The van der Waals surface area contributed by atoms with E-state index in [2.05, 4.69) is 80.5 Å². The van der Waals surface area contributed by atoms with E-state index in [1.807, 2.05) is 50.4 Å². The van der Waals surface area contributed by atoms with Gasteiger partial charge >= 0.3 is 0 Å². The van der Waals surface area contributed by atoms with E-state index in [-0.39, 0.29) is 22.1 Å². The summed E-state index contributed by atoms with van der Waals surface area (Å²) < 4.78 is 41.0. The van der Waals surface area contributed by atoms with Crippen LogP contribution < -0.4 is 14.9 Å². The molecule has 58 heavy (non-hydrogen) atoms. The minimum absolute atomic E-state index is 0.0467. The maximum Gasteiger partial charge on any atom is 0.264 e. The number of nitrogens with one attached hydrogen (secondary N) is 2. The van der Waals surface area contributed by atoms with Crippen LogP contribution in [0.4, 0.5) is 11.4 Å². The molecule has 2 aliphatic rings. The lowest BCUT2D eigenvalue weighted by atomic mass is 9.82. The van der Waals surface area contributed by atoms with Gasteiger partial charge in [0, 0.05) is 79.9 Å². The number of aryl methyl sites for hydroxylation is 1. The number of hydrogen-bond donors (Lipinski definition) is 2. The van der Waals surface area contributed by atoms with Gasteiger partial charge in [0.2, 0.25) is 0 Å². The highest BCUT2D eigenvalue weighted by Gasteiger charge is 2.35. The van der Waals surface area contributed by atoms with Gasteiger partial charge in [0.25, 0.3) is 15.9 Å². The number of amides is 1. The minimum atomic E-state index is -4.11. The highest BCUT2D eigenvalue weighted by Crippen LogP contribution is 2.35. The Kier molecular flexibility index (Phi) is 13.9. The molecular formula is C47H54N4O5S2. The largest absolute Gasteiger partial charge is 0.381 e. The van der Waals surface area contributed by atoms with Crippen LogP contribution in [0.25, 0.3) is 11.1 Å². The van der Waals surface area contributed by atoms with Gasteiger partial charge in [-0.05, 0) is 103 Å². The molecule has 0 radical (unpaired) electrons. The molecule has 0 spiro atoms. The monoisotopic (exact) mass is 818 g/mol. The van der Waals surface area contributed by atoms with Gasteiger partial charge < -0.3 is 19.7 Å². The number of ether oxygens (including phenoxy) is 2. The fourth-order valence-electron chi connectivity index (χ4n) is 7.87. The summed E-state index contributed by atoms with van der Waals surface area (Å²) >= 11 is 1.80. The summed E-state index contributed by atoms with van der Waals surface area (Å²) in [5.41, 5.74) is 6.35. The van der Waals surface area contributed by atoms with Crippen molar-refractivity contribution in [2.75, 3.05) is 69.0 Å². The van der Waals surface area contributed by atoms with Gasteiger partial charge in [-0.25, -0.2) is 13.1 Å². The van der Waals surface area contributed by atoms with Crippen LogP contribution in [0, 0.1) is 6.92 Å². The van der Waals surface area contributed by atoms with Gasteiger partial charge in [-0.2, -0.15) is 0 Å². The highest BCUT2D eigenvalue weighted by molar-refractivity contribution is 7.99. The number of morpholine rings is 1. The maximum atomic E-state index is 13.5. The average molecular weight is 819 g/mol. The predicted molar refractivity (Wildman–Crippen MR) is 235 cm³/mol. The van der Waals surface area contributed by atoms with E-state index in [1.165, 1.54) is 21.6 Å². The Labute approximate surface area is 348 Å². The Morgan fingerprint density at radius 1 is 0.845 bits per heavy atom. The molecule has 2 fully saturated rings. The number of anilines is 2. The van der Waals surface area contributed by atoms with Gasteiger partial charge in [-0.15, -0.1) is 11.8 Å². The topological polar surface area (TPSA) is 100 Å². The number of hydrogen-bond acceptors (Lipinski definition) is 9. The summed E-state index contributed by atoms with van der Waals surface area (Å²) in [6.07, 6.45) is 3.45. The van der Waals surface area contributed by atoms with Gasteiger partial charge in [-0.3, -0.25) is 9.69 Å². The van der Waals surface area contributed by atoms with Crippen molar-refractivity contribution in [3.63, 3.8) is 0 Å². The molecule has 2 heterocycles. The van der Waals surface area contributed by atoms with Crippen molar-refractivity contribution in [1.29, 1.82) is 0 Å². The van der Waals surface area contributed by atoms with Gasteiger partial charge in [0.05, 0.1) is 23.7 Å². The van der Waals surface area contributed by atoms with Crippen molar-refractivity contribution in [2.24, 2.45) is 0 Å².